The Labute approximate surface area is 95.5 Å². The van der Waals surface area contributed by atoms with E-state index in [0.29, 0.717) is 12.1 Å². The SMILES string of the molecule is CNCC(O)C(=O)c1ccc2c(c1)CCC2. The van der Waals surface area contributed by atoms with Crippen LogP contribution in [-0.2, 0) is 12.8 Å². The molecule has 0 bridgehead atoms. The summed E-state index contributed by atoms with van der Waals surface area (Å²) in [4.78, 5) is 11.8. The van der Waals surface area contributed by atoms with Crippen molar-refractivity contribution in [1.29, 1.82) is 0 Å². The van der Waals surface area contributed by atoms with Gasteiger partial charge in [0.1, 0.15) is 6.10 Å². The lowest BCUT2D eigenvalue weighted by Crippen LogP contribution is -2.31. The molecule has 0 spiro atoms. The highest BCUT2D eigenvalue weighted by Gasteiger charge is 2.18. The second-order valence-electron chi connectivity index (χ2n) is 4.27. The summed E-state index contributed by atoms with van der Waals surface area (Å²) in [6, 6.07) is 5.77. The third-order valence-corrected chi connectivity index (χ3v) is 3.08. The molecule has 1 aliphatic carbocycles. The normalized spacial score (nSPS) is 15.9. The number of aliphatic hydroxyl groups excluding tert-OH is 1. The van der Waals surface area contributed by atoms with Crippen molar-refractivity contribution in [2.75, 3.05) is 13.6 Å². The van der Waals surface area contributed by atoms with Gasteiger partial charge in [0, 0.05) is 12.1 Å². The van der Waals surface area contributed by atoms with E-state index in [1.807, 2.05) is 18.2 Å². The maximum atomic E-state index is 11.8. The summed E-state index contributed by atoms with van der Waals surface area (Å²) >= 11 is 0. The molecular formula is C13H17NO2. The van der Waals surface area contributed by atoms with Gasteiger partial charge in [-0.25, -0.2) is 0 Å². The highest BCUT2D eigenvalue weighted by atomic mass is 16.3. The Bertz CT molecular complexity index is 401. The van der Waals surface area contributed by atoms with Gasteiger partial charge in [-0.1, -0.05) is 12.1 Å². The average molecular weight is 219 g/mol. The number of ketones is 1. The first kappa shape index (κ1) is 11.3. The molecule has 2 N–H and O–H groups in total. The van der Waals surface area contributed by atoms with E-state index in [4.69, 9.17) is 0 Å². The second-order valence-corrected chi connectivity index (χ2v) is 4.27. The van der Waals surface area contributed by atoms with Crippen LogP contribution in [0.3, 0.4) is 0 Å². The minimum absolute atomic E-state index is 0.191. The van der Waals surface area contributed by atoms with Gasteiger partial charge in [-0.15, -0.1) is 0 Å². The lowest BCUT2D eigenvalue weighted by molar-refractivity contribution is 0.0750. The Morgan fingerprint density at radius 2 is 2.19 bits per heavy atom. The van der Waals surface area contributed by atoms with Crippen LogP contribution in [0, 0.1) is 0 Å². The fourth-order valence-electron chi connectivity index (χ4n) is 2.20. The molecule has 0 radical (unpaired) electrons. The number of likely N-dealkylation sites (N-methyl/N-ethyl adjacent to an activating group) is 1. The van der Waals surface area contributed by atoms with Gasteiger partial charge in [-0.2, -0.15) is 0 Å². The predicted molar refractivity (Wildman–Crippen MR) is 62.7 cm³/mol. The number of hydrogen-bond donors (Lipinski definition) is 2. The second kappa shape index (κ2) is 4.76. The number of hydrogen-bond acceptors (Lipinski definition) is 3. The largest absolute Gasteiger partial charge is 0.384 e. The first-order chi connectivity index (χ1) is 7.72. The zero-order chi connectivity index (χ0) is 11.5. The molecule has 1 atom stereocenters. The molecule has 3 nitrogen and oxygen atoms in total. The van der Waals surface area contributed by atoms with Crippen molar-refractivity contribution in [3.8, 4) is 0 Å². The molecule has 0 saturated carbocycles. The van der Waals surface area contributed by atoms with E-state index in [9.17, 15) is 9.90 Å². The monoisotopic (exact) mass is 219 g/mol. The first-order valence-corrected chi connectivity index (χ1v) is 5.71. The molecule has 0 aliphatic heterocycles. The van der Waals surface area contributed by atoms with Gasteiger partial charge in [0.2, 0.25) is 0 Å². The van der Waals surface area contributed by atoms with Gasteiger partial charge in [0.25, 0.3) is 0 Å². The van der Waals surface area contributed by atoms with Crippen LogP contribution in [0.15, 0.2) is 18.2 Å². The molecule has 0 aromatic heterocycles. The molecule has 16 heavy (non-hydrogen) atoms. The average Bonchev–Trinajstić information content (AvgIpc) is 2.75. The van der Waals surface area contributed by atoms with E-state index < -0.39 is 6.10 Å². The number of carbonyl (C=O) groups excluding carboxylic acids is 1. The number of rotatable bonds is 4. The summed E-state index contributed by atoms with van der Waals surface area (Å²) in [6.07, 6.45) is 2.40. The third-order valence-electron chi connectivity index (χ3n) is 3.08. The number of Topliss-reactive ketones (excluding diaryl/α,β-unsaturated/α-hetero) is 1. The van der Waals surface area contributed by atoms with Crippen molar-refractivity contribution in [1.82, 2.24) is 5.32 Å². The van der Waals surface area contributed by atoms with Gasteiger partial charge in [-0.05, 0) is 43.5 Å². The molecule has 0 amide bonds. The number of fused-ring (bicyclic) bond motifs is 1. The van der Waals surface area contributed by atoms with Gasteiger partial charge in [0.05, 0.1) is 0 Å². The molecular weight excluding hydrogens is 202 g/mol. The van der Waals surface area contributed by atoms with E-state index in [1.54, 1.807) is 7.05 Å². The number of nitrogens with one attached hydrogen (secondary N) is 1. The predicted octanol–water partition coefficient (Wildman–Crippen LogP) is 0.938. The number of benzene rings is 1. The van der Waals surface area contributed by atoms with Crippen molar-refractivity contribution in [3.63, 3.8) is 0 Å². The highest BCUT2D eigenvalue weighted by molar-refractivity contribution is 5.99. The van der Waals surface area contributed by atoms with Crippen LogP contribution in [0.5, 0.6) is 0 Å². The van der Waals surface area contributed by atoms with E-state index >= 15 is 0 Å². The topological polar surface area (TPSA) is 49.3 Å². The molecule has 3 heteroatoms. The van der Waals surface area contributed by atoms with Crippen LogP contribution in [0.4, 0.5) is 0 Å². The van der Waals surface area contributed by atoms with Gasteiger partial charge in [0.15, 0.2) is 5.78 Å². The van der Waals surface area contributed by atoms with E-state index in [2.05, 4.69) is 5.32 Å². The fraction of sp³-hybridized carbons (Fsp3) is 0.462. The van der Waals surface area contributed by atoms with Gasteiger partial charge < -0.3 is 10.4 Å². The highest BCUT2D eigenvalue weighted by Crippen LogP contribution is 2.23. The first-order valence-electron chi connectivity index (χ1n) is 5.71. The zero-order valence-electron chi connectivity index (χ0n) is 9.49. The lowest BCUT2D eigenvalue weighted by atomic mass is 10.0. The van der Waals surface area contributed by atoms with E-state index in [0.717, 1.165) is 12.8 Å². The maximum Gasteiger partial charge on any atom is 0.192 e. The van der Waals surface area contributed by atoms with Crippen molar-refractivity contribution < 1.29 is 9.90 Å². The Kier molecular flexibility index (Phi) is 3.36. The van der Waals surface area contributed by atoms with Gasteiger partial charge in [-0.3, -0.25) is 4.79 Å². The minimum Gasteiger partial charge on any atom is -0.384 e. The molecule has 0 saturated heterocycles. The molecule has 86 valence electrons. The van der Waals surface area contributed by atoms with Crippen molar-refractivity contribution in [2.45, 2.75) is 25.4 Å². The zero-order valence-corrected chi connectivity index (χ0v) is 9.49. The lowest BCUT2D eigenvalue weighted by Gasteiger charge is -2.10. The van der Waals surface area contributed by atoms with E-state index in [-0.39, 0.29) is 5.78 Å². The Balaban J connectivity index is 2.18. The summed E-state index contributed by atoms with van der Waals surface area (Å²) in [5.74, 6) is -0.191. The maximum absolute atomic E-state index is 11.8. The summed E-state index contributed by atoms with van der Waals surface area (Å²) in [6.45, 7) is 0.302. The quantitative estimate of drug-likeness (QED) is 0.741. The van der Waals surface area contributed by atoms with Crippen molar-refractivity contribution in [3.05, 3.63) is 34.9 Å². The van der Waals surface area contributed by atoms with Crippen LogP contribution in [-0.4, -0.2) is 30.6 Å². The molecule has 1 aromatic rings. The fourth-order valence-corrected chi connectivity index (χ4v) is 2.20. The summed E-state index contributed by atoms with van der Waals surface area (Å²) < 4.78 is 0. The van der Waals surface area contributed by atoms with Crippen LogP contribution < -0.4 is 5.32 Å². The Morgan fingerprint density at radius 1 is 1.44 bits per heavy atom. The third kappa shape index (κ3) is 2.15. The number of carbonyl (C=O) groups is 1. The standard InChI is InChI=1S/C13H17NO2/c1-14-8-12(15)13(16)11-6-5-9-3-2-4-10(9)7-11/h5-7,12,14-15H,2-4,8H2,1H3. The van der Waals surface area contributed by atoms with Crippen molar-refractivity contribution >= 4 is 5.78 Å². The molecule has 2 rings (SSSR count). The number of aryl methyl sites for hydroxylation is 2. The van der Waals surface area contributed by atoms with Crippen LogP contribution in [0.25, 0.3) is 0 Å². The molecule has 0 heterocycles. The summed E-state index contributed by atoms with van der Waals surface area (Å²) in [5, 5.41) is 12.4. The summed E-state index contributed by atoms with van der Waals surface area (Å²) in [5.41, 5.74) is 3.24. The molecule has 1 aromatic carbocycles. The molecule has 0 fully saturated rings. The van der Waals surface area contributed by atoms with Crippen LogP contribution >= 0.6 is 0 Å². The molecule has 1 unspecified atom stereocenters. The molecule has 1 aliphatic rings. The van der Waals surface area contributed by atoms with E-state index in [1.165, 1.54) is 17.5 Å². The van der Waals surface area contributed by atoms with Crippen molar-refractivity contribution in [2.24, 2.45) is 0 Å². The Hall–Kier alpha value is -1.19. The Morgan fingerprint density at radius 3 is 2.94 bits per heavy atom. The van der Waals surface area contributed by atoms with Gasteiger partial charge >= 0.3 is 0 Å². The minimum atomic E-state index is -0.940. The van der Waals surface area contributed by atoms with Crippen LogP contribution in [0.2, 0.25) is 0 Å². The number of aliphatic hydroxyl groups is 1. The smallest absolute Gasteiger partial charge is 0.192 e. The summed E-state index contributed by atoms with van der Waals surface area (Å²) in [7, 11) is 1.72. The van der Waals surface area contributed by atoms with Crippen LogP contribution in [0.1, 0.15) is 27.9 Å².